The van der Waals surface area contributed by atoms with E-state index in [9.17, 15) is 0 Å². The van der Waals surface area contributed by atoms with Crippen molar-refractivity contribution in [1.82, 2.24) is 0 Å². The van der Waals surface area contributed by atoms with E-state index in [2.05, 4.69) is 6.58 Å². The molecule has 0 bridgehead atoms. The Hall–Kier alpha value is -0.690. The normalized spacial score (nSPS) is 13.1. The van der Waals surface area contributed by atoms with Gasteiger partial charge in [-0.3, -0.25) is 0 Å². The standard InChI is InChI=1S/C9H13ClO/c1-5-9(10)6-7(2)8(3)11-4/h5-6H,3H2,1-2,4H3/b7-6-,9-5+. The average molecular weight is 173 g/mol. The first-order valence-corrected chi connectivity index (χ1v) is 3.73. The molecular weight excluding hydrogens is 160 g/mol. The minimum absolute atomic E-state index is 0.644. The molecule has 0 N–H and O–H groups in total. The lowest BCUT2D eigenvalue weighted by Crippen LogP contribution is -1.85. The maximum atomic E-state index is 5.75. The molecule has 0 fully saturated rings. The molecule has 0 aromatic rings. The molecule has 0 rings (SSSR count). The topological polar surface area (TPSA) is 9.23 Å². The molecule has 0 radical (unpaired) electrons. The molecule has 0 unspecified atom stereocenters. The van der Waals surface area contributed by atoms with E-state index in [0.717, 1.165) is 5.57 Å². The Morgan fingerprint density at radius 2 is 2.09 bits per heavy atom. The predicted molar refractivity (Wildman–Crippen MR) is 49.5 cm³/mol. The van der Waals surface area contributed by atoms with Gasteiger partial charge < -0.3 is 4.74 Å². The number of hydrogen-bond acceptors (Lipinski definition) is 1. The molecule has 0 aromatic carbocycles. The summed E-state index contributed by atoms with van der Waals surface area (Å²) in [5, 5.41) is 0.695. The number of methoxy groups -OCH3 is 1. The van der Waals surface area contributed by atoms with Crippen molar-refractivity contribution in [2.45, 2.75) is 13.8 Å². The first kappa shape index (κ1) is 10.3. The van der Waals surface area contributed by atoms with E-state index in [4.69, 9.17) is 16.3 Å². The molecule has 0 saturated heterocycles. The minimum atomic E-state index is 0.644. The van der Waals surface area contributed by atoms with Gasteiger partial charge >= 0.3 is 0 Å². The SMILES string of the molecule is C=C(OC)/C(C)=C\C(Cl)=C/C. The van der Waals surface area contributed by atoms with E-state index >= 15 is 0 Å². The van der Waals surface area contributed by atoms with Crippen molar-refractivity contribution in [1.29, 1.82) is 0 Å². The fourth-order valence-corrected chi connectivity index (χ4v) is 0.695. The molecule has 0 aliphatic carbocycles. The van der Waals surface area contributed by atoms with Crippen LogP contribution in [-0.2, 0) is 4.74 Å². The summed E-state index contributed by atoms with van der Waals surface area (Å²) in [6, 6.07) is 0. The lowest BCUT2D eigenvalue weighted by atomic mass is 10.2. The van der Waals surface area contributed by atoms with Gasteiger partial charge in [0.05, 0.1) is 7.11 Å². The first-order chi connectivity index (χ1) is 5.11. The number of hydrogen-bond donors (Lipinski definition) is 0. The van der Waals surface area contributed by atoms with Crippen LogP contribution in [0.4, 0.5) is 0 Å². The van der Waals surface area contributed by atoms with Gasteiger partial charge in [0.2, 0.25) is 0 Å². The molecule has 0 atom stereocenters. The van der Waals surface area contributed by atoms with Crippen molar-refractivity contribution >= 4 is 11.6 Å². The van der Waals surface area contributed by atoms with Gasteiger partial charge in [-0.25, -0.2) is 0 Å². The second kappa shape index (κ2) is 5.03. The summed E-state index contributed by atoms with van der Waals surface area (Å²) >= 11 is 5.75. The Kier molecular flexibility index (Phi) is 4.71. The van der Waals surface area contributed by atoms with Crippen LogP contribution in [0.3, 0.4) is 0 Å². The number of halogens is 1. The van der Waals surface area contributed by atoms with Gasteiger partial charge in [-0.1, -0.05) is 24.3 Å². The fourth-order valence-electron chi connectivity index (χ4n) is 0.532. The number of rotatable bonds is 3. The molecular formula is C9H13ClO. The lowest BCUT2D eigenvalue weighted by molar-refractivity contribution is 0.303. The summed E-state index contributed by atoms with van der Waals surface area (Å²) in [4.78, 5) is 0. The zero-order chi connectivity index (χ0) is 8.85. The summed E-state index contributed by atoms with van der Waals surface area (Å²) in [6.45, 7) is 7.46. The van der Waals surface area contributed by atoms with Crippen LogP contribution in [0.2, 0.25) is 0 Å². The van der Waals surface area contributed by atoms with E-state index in [0.29, 0.717) is 10.8 Å². The van der Waals surface area contributed by atoms with Gasteiger partial charge in [-0.15, -0.1) is 0 Å². The van der Waals surface area contributed by atoms with Crippen LogP contribution in [0, 0.1) is 0 Å². The van der Waals surface area contributed by atoms with Crippen LogP contribution in [0.5, 0.6) is 0 Å². The molecule has 0 saturated carbocycles. The van der Waals surface area contributed by atoms with Crippen LogP contribution in [0.25, 0.3) is 0 Å². The second-order valence-corrected chi connectivity index (χ2v) is 2.56. The Balaban J connectivity index is 4.34. The Morgan fingerprint density at radius 3 is 2.45 bits per heavy atom. The number of ether oxygens (including phenoxy) is 1. The van der Waals surface area contributed by atoms with Crippen LogP contribution in [0.1, 0.15) is 13.8 Å². The van der Waals surface area contributed by atoms with Crippen molar-refractivity contribution in [3.63, 3.8) is 0 Å². The molecule has 11 heavy (non-hydrogen) atoms. The Bertz CT molecular complexity index is 202. The third kappa shape index (κ3) is 3.89. The molecule has 0 heterocycles. The van der Waals surface area contributed by atoms with Gasteiger partial charge in [0, 0.05) is 5.03 Å². The van der Waals surface area contributed by atoms with Gasteiger partial charge in [0.1, 0.15) is 5.76 Å². The van der Waals surface area contributed by atoms with Crippen molar-refractivity contribution in [2.24, 2.45) is 0 Å². The third-order valence-corrected chi connectivity index (χ3v) is 1.64. The fraction of sp³-hybridized carbons (Fsp3) is 0.333. The van der Waals surface area contributed by atoms with Crippen molar-refractivity contribution in [3.8, 4) is 0 Å². The van der Waals surface area contributed by atoms with E-state index in [1.165, 1.54) is 0 Å². The second-order valence-electron chi connectivity index (χ2n) is 2.13. The van der Waals surface area contributed by atoms with Crippen molar-refractivity contribution in [3.05, 3.63) is 35.1 Å². The smallest absolute Gasteiger partial charge is 0.114 e. The average Bonchev–Trinajstić information content (AvgIpc) is 2.02. The first-order valence-electron chi connectivity index (χ1n) is 3.35. The highest BCUT2D eigenvalue weighted by atomic mass is 35.5. The maximum Gasteiger partial charge on any atom is 0.114 e. The highest BCUT2D eigenvalue weighted by molar-refractivity contribution is 6.31. The van der Waals surface area contributed by atoms with E-state index < -0.39 is 0 Å². The summed E-state index contributed by atoms with van der Waals surface area (Å²) in [6.07, 6.45) is 3.63. The minimum Gasteiger partial charge on any atom is -0.497 e. The molecule has 0 aromatic heterocycles. The van der Waals surface area contributed by atoms with Gasteiger partial charge in [0.15, 0.2) is 0 Å². The third-order valence-electron chi connectivity index (χ3n) is 1.32. The van der Waals surface area contributed by atoms with Gasteiger partial charge in [0.25, 0.3) is 0 Å². The molecule has 0 aliphatic rings. The van der Waals surface area contributed by atoms with E-state index in [1.54, 1.807) is 7.11 Å². The predicted octanol–water partition coefficient (Wildman–Crippen LogP) is 3.24. The molecule has 0 aliphatic heterocycles. The summed E-state index contributed by atoms with van der Waals surface area (Å²) in [5.41, 5.74) is 0.940. The monoisotopic (exact) mass is 172 g/mol. The van der Waals surface area contributed by atoms with Crippen molar-refractivity contribution in [2.75, 3.05) is 7.11 Å². The summed E-state index contributed by atoms with van der Waals surface area (Å²) < 4.78 is 4.91. The van der Waals surface area contributed by atoms with E-state index in [1.807, 2.05) is 26.0 Å². The van der Waals surface area contributed by atoms with Crippen LogP contribution < -0.4 is 0 Å². The van der Waals surface area contributed by atoms with Crippen LogP contribution in [0.15, 0.2) is 35.1 Å². The van der Waals surface area contributed by atoms with Gasteiger partial charge in [-0.2, -0.15) is 0 Å². The molecule has 0 amide bonds. The van der Waals surface area contributed by atoms with Crippen LogP contribution >= 0.6 is 11.6 Å². The van der Waals surface area contributed by atoms with Crippen LogP contribution in [-0.4, -0.2) is 7.11 Å². The maximum absolute atomic E-state index is 5.75. The highest BCUT2D eigenvalue weighted by Crippen LogP contribution is 2.12. The molecule has 62 valence electrons. The molecule has 0 spiro atoms. The molecule has 1 nitrogen and oxygen atoms in total. The lowest BCUT2D eigenvalue weighted by Gasteiger charge is -2.02. The quantitative estimate of drug-likeness (QED) is 0.469. The Labute approximate surface area is 73.0 Å². The summed E-state index contributed by atoms with van der Waals surface area (Å²) in [5.74, 6) is 0.644. The highest BCUT2D eigenvalue weighted by Gasteiger charge is 1.94. The number of allylic oxidation sites excluding steroid dienone is 4. The summed E-state index contributed by atoms with van der Waals surface area (Å²) in [7, 11) is 1.59. The van der Waals surface area contributed by atoms with Gasteiger partial charge in [-0.05, 0) is 25.5 Å². The largest absolute Gasteiger partial charge is 0.497 e. The zero-order valence-electron chi connectivity index (χ0n) is 7.15. The zero-order valence-corrected chi connectivity index (χ0v) is 7.90. The van der Waals surface area contributed by atoms with Crippen molar-refractivity contribution < 1.29 is 4.74 Å². The Morgan fingerprint density at radius 1 is 1.55 bits per heavy atom. The van der Waals surface area contributed by atoms with E-state index in [-0.39, 0.29) is 0 Å². The molecule has 2 heteroatoms.